The molecule has 0 saturated heterocycles. The first-order chi connectivity index (χ1) is 8.52. The lowest BCUT2D eigenvalue weighted by Crippen LogP contribution is -2.34. The number of ether oxygens (including phenoxy) is 1. The molecule has 1 atom stereocenters. The zero-order valence-electron chi connectivity index (χ0n) is 11.3. The molecule has 0 aliphatic carbocycles. The maximum atomic E-state index is 11.6. The van der Waals surface area contributed by atoms with Crippen LogP contribution in [0.25, 0.3) is 0 Å². The van der Waals surface area contributed by atoms with E-state index in [1.165, 1.54) is 0 Å². The number of nitrogens with one attached hydrogen (secondary N) is 1. The van der Waals surface area contributed by atoms with Gasteiger partial charge in [-0.1, -0.05) is 26.0 Å². The highest BCUT2D eigenvalue weighted by molar-refractivity contribution is 5.76. The molecule has 4 nitrogen and oxygen atoms in total. The molecular formula is C14H22N2O2. The molecule has 1 aromatic rings. The van der Waals surface area contributed by atoms with E-state index in [2.05, 4.69) is 5.32 Å². The van der Waals surface area contributed by atoms with E-state index in [9.17, 15) is 4.79 Å². The van der Waals surface area contributed by atoms with Gasteiger partial charge in [-0.2, -0.15) is 0 Å². The summed E-state index contributed by atoms with van der Waals surface area (Å²) in [5.41, 5.74) is 6.89. The third-order valence-corrected chi connectivity index (χ3v) is 2.93. The van der Waals surface area contributed by atoms with Crippen LogP contribution >= 0.6 is 0 Å². The molecule has 1 rings (SSSR count). The molecule has 0 heterocycles. The molecule has 0 fully saturated rings. The molecule has 1 amide bonds. The van der Waals surface area contributed by atoms with Crippen LogP contribution in [0.4, 0.5) is 0 Å². The molecule has 0 bridgehead atoms. The highest BCUT2D eigenvalue weighted by Crippen LogP contribution is 2.11. The highest BCUT2D eigenvalue weighted by atomic mass is 16.5. The molecule has 0 saturated carbocycles. The number of nitrogens with two attached hydrogens (primary N) is 1. The maximum Gasteiger partial charge on any atom is 0.221 e. The minimum Gasteiger partial charge on any atom is -0.497 e. The van der Waals surface area contributed by atoms with Crippen molar-refractivity contribution in [2.75, 3.05) is 7.11 Å². The quantitative estimate of drug-likeness (QED) is 0.807. The summed E-state index contributed by atoms with van der Waals surface area (Å²) in [6.45, 7) is 4.55. The van der Waals surface area contributed by atoms with Crippen LogP contribution in [0, 0.1) is 5.92 Å². The number of amides is 1. The number of hydrogen-bond donors (Lipinski definition) is 2. The van der Waals surface area contributed by atoms with Gasteiger partial charge in [0.1, 0.15) is 5.75 Å². The molecule has 1 aromatic carbocycles. The lowest BCUT2D eigenvalue weighted by Gasteiger charge is -2.15. The maximum absolute atomic E-state index is 11.6. The monoisotopic (exact) mass is 250 g/mol. The molecule has 0 spiro atoms. The van der Waals surface area contributed by atoms with Crippen molar-refractivity contribution in [3.8, 4) is 5.75 Å². The van der Waals surface area contributed by atoms with E-state index in [1.54, 1.807) is 7.11 Å². The fraction of sp³-hybridized carbons (Fsp3) is 0.500. The number of rotatable bonds is 6. The lowest BCUT2D eigenvalue weighted by atomic mass is 10.0. The molecule has 0 aromatic heterocycles. The predicted molar refractivity (Wildman–Crippen MR) is 72.3 cm³/mol. The number of methoxy groups -OCH3 is 1. The molecule has 1 unspecified atom stereocenters. The van der Waals surface area contributed by atoms with Crippen molar-refractivity contribution in [1.29, 1.82) is 0 Å². The van der Waals surface area contributed by atoms with E-state index in [-0.39, 0.29) is 11.9 Å². The summed E-state index contributed by atoms with van der Waals surface area (Å²) in [5.74, 6) is 1.12. The van der Waals surface area contributed by atoms with Gasteiger partial charge in [0.15, 0.2) is 0 Å². The van der Waals surface area contributed by atoms with Gasteiger partial charge in [0.25, 0.3) is 0 Å². The second-order valence-corrected chi connectivity index (χ2v) is 4.74. The zero-order valence-corrected chi connectivity index (χ0v) is 11.3. The van der Waals surface area contributed by atoms with E-state index < -0.39 is 0 Å². The van der Waals surface area contributed by atoms with Crippen LogP contribution in [-0.2, 0) is 11.3 Å². The zero-order chi connectivity index (χ0) is 13.5. The van der Waals surface area contributed by atoms with Gasteiger partial charge in [0, 0.05) is 19.0 Å². The van der Waals surface area contributed by atoms with Gasteiger partial charge in [-0.15, -0.1) is 0 Å². The molecule has 100 valence electrons. The van der Waals surface area contributed by atoms with Gasteiger partial charge in [-0.05, 0) is 23.6 Å². The normalized spacial score (nSPS) is 12.3. The highest BCUT2D eigenvalue weighted by Gasteiger charge is 2.12. The van der Waals surface area contributed by atoms with Crippen molar-refractivity contribution in [3.63, 3.8) is 0 Å². The Morgan fingerprint density at radius 1 is 1.33 bits per heavy atom. The Bertz CT molecular complexity index is 374. The Balaban J connectivity index is 2.37. The van der Waals surface area contributed by atoms with Gasteiger partial charge in [-0.25, -0.2) is 0 Å². The first-order valence-corrected chi connectivity index (χ1v) is 6.18. The predicted octanol–water partition coefficient (Wildman–Crippen LogP) is 1.68. The minimum absolute atomic E-state index is 0.00739. The van der Waals surface area contributed by atoms with Gasteiger partial charge in [0.2, 0.25) is 5.91 Å². The van der Waals surface area contributed by atoms with Crippen LogP contribution in [0.1, 0.15) is 25.8 Å². The van der Waals surface area contributed by atoms with Gasteiger partial charge in [-0.3, -0.25) is 4.79 Å². The fourth-order valence-electron chi connectivity index (χ4n) is 1.47. The molecule has 3 N–H and O–H groups in total. The van der Waals surface area contributed by atoms with Crippen LogP contribution in [0.15, 0.2) is 24.3 Å². The van der Waals surface area contributed by atoms with Crippen molar-refractivity contribution in [3.05, 3.63) is 29.8 Å². The first-order valence-electron chi connectivity index (χ1n) is 6.18. The third-order valence-electron chi connectivity index (χ3n) is 2.93. The number of carbonyl (C=O) groups is 1. The van der Waals surface area contributed by atoms with E-state index in [4.69, 9.17) is 10.5 Å². The van der Waals surface area contributed by atoms with Gasteiger partial charge < -0.3 is 15.8 Å². The summed E-state index contributed by atoms with van der Waals surface area (Å²) < 4.78 is 5.07. The summed E-state index contributed by atoms with van der Waals surface area (Å²) in [6.07, 6.45) is 0.369. The minimum atomic E-state index is -0.0825. The molecule has 18 heavy (non-hydrogen) atoms. The van der Waals surface area contributed by atoms with Crippen molar-refractivity contribution in [2.24, 2.45) is 11.7 Å². The third kappa shape index (κ3) is 4.75. The molecule has 4 heteroatoms. The summed E-state index contributed by atoms with van der Waals surface area (Å²) >= 11 is 0. The van der Waals surface area contributed by atoms with Crippen molar-refractivity contribution >= 4 is 5.91 Å². The summed E-state index contributed by atoms with van der Waals surface area (Å²) in [4.78, 5) is 11.6. The SMILES string of the molecule is COc1ccc(CNC(=O)CC(N)C(C)C)cc1. The number of hydrogen-bond acceptors (Lipinski definition) is 3. The van der Waals surface area contributed by atoms with Crippen molar-refractivity contribution < 1.29 is 9.53 Å². The first kappa shape index (κ1) is 14.5. The molecular weight excluding hydrogens is 228 g/mol. The largest absolute Gasteiger partial charge is 0.497 e. The van der Waals surface area contributed by atoms with Crippen molar-refractivity contribution in [2.45, 2.75) is 32.9 Å². The molecule has 0 aliphatic heterocycles. The van der Waals surface area contributed by atoms with E-state index in [0.29, 0.717) is 18.9 Å². The van der Waals surface area contributed by atoms with E-state index in [1.807, 2.05) is 38.1 Å². The van der Waals surface area contributed by atoms with E-state index >= 15 is 0 Å². The average Bonchev–Trinajstić information content (AvgIpc) is 2.36. The topological polar surface area (TPSA) is 64.3 Å². The second kappa shape index (κ2) is 7.01. The summed E-state index contributed by atoms with van der Waals surface area (Å²) in [7, 11) is 1.63. The van der Waals surface area contributed by atoms with Crippen LogP contribution in [0.2, 0.25) is 0 Å². The molecule has 0 radical (unpaired) electrons. The number of benzene rings is 1. The Kier molecular flexibility index (Phi) is 5.65. The standard InChI is InChI=1S/C14H22N2O2/c1-10(2)13(15)8-14(17)16-9-11-4-6-12(18-3)7-5-11/h4-7,10,13H,8-9,15H2,1-3H3,(H,16,17). The lowest BCUT2D eigenvalue weighted by molar-refractivity contribution is -0.121. The smallest absolute Gasteiger partial charge is 0.221 e. The fourth-order valence-corrected chi connectivity index (χ4v) is 1.47. The Labute approximate surface area is 109 Å². The van der Waals surface area contributed by atoms with Crippen LogP contribution in [-0.4, -0.2) is 19.1 Å². The van der Waals surface area contributed by atoms with Crippen LogP contribution in [0.3, 0.4) is 0 Å². The average molecular weight is 250 g/mol. The Hall–Kier alpha value is -1.55. The summed E-state index contributed by atoms with van der Waals surface area (Å²) in [6, 6.07) is 7.53. The van der Waals surface area contributed by atoms with Crippen LogP contribution in [0.5, 0.6) is 5.75 Å². The summed E-state index contributed by atoms with van der Waals surface area (Å²) in [5, 5.41) is 2.86. The Morgan fingerprint density at radius 3 is 2.44 bits per heavy atom. The van der Waals surface area contributed by atoms with Crippen LogP contribution < -0.4 is 15.8 Å². The van der Waals surface area contributed by atoms with Crippen molar-refractivity contribution in [1.82, 2.24) is 5.32 Å². The van der Waals surface area contributed by atoms with Gasteiger partial charge in [0.05, 0.1) is 7.11 Å². The second-order valence-electron chi connectivity index (χ2n) is 4.74. The van der Waals surface area contributed by atoms with Gasteiger partial charge >= 0.3 is 0 Å². The Morgan fingerprint density at radius 2 is 1.94 bits per heavy atom. The van der Waals surface area contributed by atoms with E-state index in [0.717, 1.165) is 11.3 Å². The molecule has 0 aliphatic rings. The number of carbonyl (C=O) groups excluding carboxylic acids is 1.